The van der Waals surface area contributed by atoms with Gasteiger partial charge in [0.15, 0.2) is 17.3 Å². The third kappa shape index (κ3) is 2.73. The molecule has 1 aromatic rings. The van der Waals surface area contributed by atoms with E-state index in [1.165, 1.54) is 0 Å². The molecule has 0 radical (unpaired) electrons. The lowest BCUT2D eigenvalue weighted by molar-refractivity contribution is -0.143. The van der Waals surface area contributed by atoms with Crippen molar-refractivity contribution in [2.24, 2.45) is 5.92 Å². The van der Waals surface area contributed by atoms with Crippen LogP contribution in [0.2, 0.25) is 0 Å². The van der Waals surface area contributed by atoms with Crippen molar-refractivity contribution in [2.75, 3.05) is 13.4 Å². The molecule has 1 saturated heterocycles. The molecule has 1 N–H and O–H groups in total. The van der Waals surface area contributed by atoms with Crippen LogP contribution in [0.15, 0.2) is 24.3 Å². The fourth-order valence-electron chi connectivity index (χ4n) is 3.69. The summed E-state index contributed by atoms with van der Waals surface area (Å²) >= 11 is 0. The number of rotatable bonds is 3. The second-order valence-electron chi connectivity index (χ2n) is 6.79. The van der Waals surface area contributed by atoms with E-state index in [9.17, 15) is 5.11 Å². The van der Waals surface area contributed by atoms with Crippen molar-refractivity contribution in [2.45, 2.75) is 44.7 Å². The van der Waals surface area contributed by atoms with Gasteiger partial charge in [0.2, 0.25) is 6.79 Å². The summed E-state index contributed by atoms with van der Waals surface area (Å²) in [6.07, 6.45) is 3.77. The van der Waals surface area contributed by atoms with Gasteiger partial charge in [-0.25, -0.2) is 0 Å². The molecule has 0 unspecified atom stereocenters. The Kier molecular flexibility index (Phi) is 3.59. The minimum atomic E-state index is -0.584. The van der Waals surface area contributed by atoms with E-state index in [0.29, 0.717) is 5.92 Å². The van der Waals surface area contributed by atoms with Gasteiger partial charge in [0.25, 0.3) is 0 Å². The first-order valence-electron chi connectivity index (χ1n) is 8.14. The Morgan fingerprint density at radius 1 is 1.17 bits per heavy atom. The van der Waals surface area contributed by atoms with Crippen LogP contribution in [0.4, 0.5) is 0 Å². The van der Waals surface area contributed by atoms with Crippen LogP contribution in [0.5, 0.6) is 11.5 Å². The third-order valence-electron chi connectivity index (χ3n) is 4.65. The predicted octanol–water partition coefficient (Wildman–Crippen LogP) is 2.72. The maximum Gasteiger partial charge on any atom is 0.231 e. The van der Waals surface area contributed by atoms with Gasteiger partial charge < -0.3 is 24.1 Å². The molecule has 1 aliphatic carbocycles. The molecular formula is C18H22O5. The van der Waals surface area contributed by atoms with Gasteiger partial charge in [-0.1, -0.05) is 12.1 Å². The molecule has 4 rings (SSSR count). The highest BCUT2D eigenvalue weighted by Gasteiger charge is 2.46. The van der Waals surface area contributed by atoms with Gasteiger partial charge >= 0.3 is 0 Å². The third-order valence-corrected chi connectivity index (χ3v) is 4.65. The first-order valence-corrected chi connectivity index (χ1v) is 8.14. The summed E-state index contributed by atoms with van der Waals surface area (Å²) in [5, 5.41) is 9.31. The van der Waals surface area contributed by atoms with E-state index in [0.717, 1.165) is 35.5 Å². The Morgan fingerprint density at radius 2 is 2.00 bits per heavy atom. The molecule has 3 aliphatic rings. The molecule has 0 spiro atoms. The molecule has 3 atom stereocenters. The first-order chi connectivity index (χ1) is 11.1. The Bertz CT molecular complexity index is 636. The molecule has 2 heterocycles. The van der Waals surface area contributed by atoms with E-state index in [1.54, 1.807) is 0 Å². The summed E-state index contributed by atoms with van der Waals surface area (Å²) in [4.78, 5) is 0. The van der Waals surface area contributed by atoms with Crippen LogP contribution in [0.25, 0.3) is 5.57 Å². The molecule has 0 amide bonds. The molecule has 1 fully saturated rings. The van der Waals surface area contributed by atoms with Crippen LogP contribution in [-0.2, 0) is 9.47 Å². The quantitative estimate of drug-likeness (QED) is 0.928. The molecular weight excluding hydrogens is 296 g/mol. The van der Waals surface area contributed by atoms with Crippen molar-refractivity contribution in [3.63, 3.8) is 0 Å². The number of hydrogen-bond acceptors (Lipinski definition) is 5. The topological polar surface area (TPSA) is 57.2 Å². The zero-order valence-corrected chi connectivity index (χ0v) is 13.5. The lowest BCUT2D eigenvalue weighted by Gasteiger charge is -2.29. The highest BCUT2D eigenvalue weighted by Crippen LogP contribution is 2.45. The molecule has 1 aromatic carbocycles. The summed E-state index contributed by atoms with van der Waals surface area (Å²) in [5.41, 5.74) is 2.18. The van der Waals surface area contributed by atoms with Crippen LogP contribution in [0.3, 0.4) is 0 Å². The van der Waals surface area contributed by atoms with Crippen LogP contribution in [-0.4, -0.2) is 36.5 Å². The summed E-state index contributed by atoms with van der Waals surface area (Å²) < 4.78 is 23.1. The maximum absolute atomic E-state index is 9.31. The zero-order valence-electron chi connectivity index (χ0n) is 13.5. The number of ether oxygens (including phenoxy) is 4. The Morgan fingerprint density at radius 3 is 2.83 bits per heavy atom. The standard InChI is InChI=1S/C18H22O5/c1-18(2)22-16-8-11(5-6-19)7-13(17(16)23-18)12-3-4-14-15(9-12)21-10-20-14/h3-4,7,9,11,16-17,19H,5-6,8,10H2,1-2H3/t11-,16-,17+/m0/s1. The minimum absolute atomic E-state index is 0.0203. The molecule has 0 bridgehead atoms. The molecule has 0 saturated carbocycles. The summed E-state index contributed by atoms with van der Waals surface area (Å²) in [5.74, 6) is 1.25. The molecule has 23 heavy (non-hydrogen) atoms. The van der Waals surface area contributed by atoms with Crippen molar-refractivity contribution in [3.05, 3.63) is 29.8 Å². The molecule has 0 aromatic heterocycles. The minimum Gasteiger partial charge on any atom is -0.454 e. The van der Waals surface area contributed by atoms with Crippen molar-refractivity contribution < 1.29 is 24.1 Å². The first kappa shape index (κ1) is 15.0. The largest absolute Gasteiger partial charge is 0.454 e. The second kappa shape index (κ2) is 5.51. The summed E-state index contributed by atoms with van der Waals surface area (Å²) in [6.45, 7) is 4.34. The normalized spacial score (nSPS) is 30.9. The van der Waals surface area contributed by atoms with Gasteiger partial charge in [-0.05, 0) is 55.9 Å². The number of benzene rings is 1. The van der Waals surface area contributed by atoms with Crippen LogP contribution < -0.4 is 9.47 Å². The number of aliphatic hydroxyl groups is 1. The second-order valence-corrected chi connectivity index (χ2v) is 6.79. The van der Waals surface area contributed by atoms with Crippen molar-refractivity contribution in [1.82, 2.24) is 0 Å². The van der Waals surface area contributed by atoms with Crippen LogP contribution in [0, 0.1) is 5.92 Å². The average Bonchev–Trinajstić information content (AvgIpc) is 3.08. The SMILES string of the molecule is CC1(C)O[C@H]2C[C@@H](CCO)C=C(c3ccc4c(c3)OCO4)[C@H]2O1. The van der Waals surface area contributed by atoms with E-state index in [2.05, 4.69) is 6.08 Å². The average molecular weight is 318 g/mol. The van der Waals surface area contributed by atoms with Gasteiger partial charge in [-0.15, -0.1) is 0 Å². The molecule has 2 aliphatic heterocycles. The monoisotopic (exact) mass is 318 g/mol. The fourth-order valence-corrected chi connectivity index (χ4v) is 3.69. The highest BCUT2D eigenvalue weighted by molar-refractivity contribution is 5.73. The van der Waals surface area contributed by atoms with Crippen molar-refractivity contribution in [1.29, 1.82) is 0 Å². The number of hydrogen-bond donors (Lipinski definition) is 1. The molecule has 5 heteroatoms. The maximum atomic E-state index is 9.31. The Balaban J connectivity index is 1.71. The highest BCUT2D eigenvalue weighted by atomic mass is 16.8. The zero-order chi connectivity index (χ0) is 16.0. The van der Waals surface area contributed by atoms with Gasteiger partial charge in [0.1, 0.15) is 6.10 Å². The number of fused-ring (bicyclic) bond motifs is 2. The Labute approximate surface area is 135 Å². The van der Waals surface area contributed by atoms with Crippen molar-refractivity contribution >= 4 is 5.57 Å². The smallest absolute Gasteiger partial charge is 0.231 e. The number of aliphatic hydroxyl groups excluding tert-OH is 1. The predicted molar refractivity (Wildman–Crippen MR) is 84.2 cm³/mol. The fraction of sp³-hybridized carbons (Fsp3) is 0.556. The van der Waals surface area contributed by atoms with E-state index >= 15 is 0 Å². The van der Waals surface area contributed by atoms with Crippen LogP contribution >= 0.6 is 0 Å². The summed E-state index contributed by atoms with van der Waals surface area (Å²) in [7, 11) is 0. The van der Waals surface area contributed by atoms with E-state index in [4.69, 9.17) is 18.9 Å². The van der Waals surface area contributed by atoms with Gasteiger partial charge in [0, 0.05) is 6.61 Å². The lowest BCUT2D eigenvalue weighted by Crippen LogP contribution is -2.31. The van der Waals surface area contributed by atoms with Gasteiger partial charge in [-0.3, -0.25) is 0 Å². The van der Waals surface area contributed by atoms with E-state index in [-0.39, 0.29) is 25.6 Å². The van der Waals surface area contributed by atoms with Crippen LogP contribution in [0.1, 0.15) is 32.3 Å². The van der Waals surface area contributed by atoms with Crippen molar-refractivity contribution in [3.8, 4) is 11.5 Å². The summed E-state index contributed by atoms with van der Waals surface area (Å²) in [6, 6.07) is 5.97. The molecule has 124 valence electrons. The van der Waals surface area contributed by atoms with Gasteiger partial charge in [-0.2, -0.15) is 0 Å². The van der Waals surface area contributed by atoms with Gasteiger partial charge in [0.05, 0.1) is 6.10 Å². The van der Waals surface area contributed by atoms with E-state index < -0.39 is 5.79 Å². The Hall–Kier alpha value is -1.56. The van der Waals surface area contributed by atoms with E-state index in [1.807, 2.05) is 32.0 Å². The lowest BCUT2D eigenvalue weighted by atomic mass is 9.82. The number of allylic oxidation sites excluding steroid dienone is 1. The molecule has 5 nitrogen and oxygen atoms in total.